The van der Waals surface area contributed by atoms with Gasteiger partial charge in [0.1, 0.15) is 11.6 Å². The third-order valence-electron chi connectivity index (χ3n) is 3.45. The minimum absolute atomic E-state index is 0.0843. The first-order valence-electron chi connectivity index (χ1n) is 6.58. The minimum Gasteiger partial charge on any atom is -0.508 e. The summed E-state index contributed by atoms with van der Waals surface area (Å²) in [7, 11) is 0. The lowest BCUT2D eigenvalue weighted by Gasteiger charge is -2.17. The smallest absolute Gasteiger partial charge is 0.141 e. The Morgan fingerprint density at radius 3 is 2.81 bits per heavy atom. The Morgan fingerprint density at radius 1 is 1.24 bits per heavy atom. The number of hydrogen-bond acceptors (Lipinski definition) is 3. The quantitative estimate of drug-likeness (QED) is 0.797. The normalized spacial score (nSPS) is 12.3. The molecule has 106 valence electrons. The molecule has 0 amide bonds. The third kappa shape index (κ3) is 2.62. The summed E-state index contributed by atoms with van der Waals surface area (Å²) in [6.45, 7) is 2.08. The Balaban J connectivity index is 2.05. The van der Waals surface area contributed by atoms with Crippen molar-refractivity contribution in [1.82, 2.24) is 14.5 Å². The van der Waals surface area contributed by atoms with Gasteiger partial charge in [-0.05, 0) is 36.8 Å². The monoisotopic (exact) mass is 299 g/mol. The van der Waals surface area contributed by atoms with Crippen LogP contribution in [0.4, 0.5) is 0 Å². The van der Waals surface area contributed by atoms with E-state index >= 15 is 0 Å². The highest BCUT2D eigenvalue weighted by atomic mass is 35.5. The summed E-state index contributed by atoms with van der Waals surface area (Å²) in [4.78, 5) is 8.55. The molecule has 4 nitrogen and oxygen atoms in total. The van der Waals surface area contributed by atoms with Crippen molar-refractivity contribution in [2.75, 3.05) is 0 Å². The Labute approximate surface area is 127 Å². The topological polar surface area (TPSA) is 50.9 Å². The Morgan fingerprint density at radius 2 is 2.10 bits per heavy atom. The van der Waals surface area contributed by atoms with E-state index in [0.29, 0.717) is 5.02 Å². The lowest BCUT2D eigenvalue weighted by Crippen LogP contribution is -2.08. The molecular weight excluding hydrogens is 286 g/mol. The fourth-order valence-electron chi connectivity index (χ4n) is 2.30. The lowest BCUT2D eigenvalue weighted by molar-refractivity contribution is 0.475. The second kappa shape index (κ2) is 5.58. The van der Waals surface area contributed by atoms with E-state index in [-0.39, 0.29) is 11.8 Å². The number of benzene rings is 1. The van der Waals surface area contributed by atoms with E-state index in [0.717, 1.165) is 17.0 Å². The predicted molar refractivity (Wildman–Crippen MR) is 82.4 cm³/mol. The second-order valence-corrected chi connectivity index (χ2v) is 5.19. The summed E-state index contributed by atoms with van der Waals surface area (Å²) in [5.41, 5.74) is 1.88. The van der Waals surface area contributed by atoms with Crippen LogP contribution in [0.25, 0.3) is 11.4 Å². The zero-order valence-corrected chi connectivity index (χ0v) is 12.2. The van der Waals surface area contributed by atoms with Gasteiger partial charge in [0, 0.05) is 30.4 Å². The number of aromatic nitrogens is 3. The molecule has 0 aliphatic carbocycles. The van der Waals surface area contributed by atoms with E-state index in [1.807, 2.05) is 29.1 Å². The Hall–Kier alpha value is -2.33. The van der Waals surface area contributed by atoms with E-state index in [4.69, 9.17) is 11.6 Å². The van der Waals surface area contributed by atoms with Crippen LogP contribution in [-0.2, 0) is 0 Å². The molecule has 1 atom stereocenters. The van der Waals surface area contributed by atoms with E-state index in [1.165, 1.54) is 6.07 Å². The van der Waals surface area contributed by atoms with Gasteiger partial charge in [-0.1, -0.05) is 17.7 Å². The van der Waals surface area contributed by atoms with Crippen LogP contribution in [0.2, 0.25) is 5.02 Å². The van der Waals surface area contributed by atoms with Crippen molar-refractivity contribution in [2.45, 2.75) is 13.0 Å². The van der Waals surface area contributed by atoms with Gasteiger partial charge in [0.25, 0.3) is 0 Å². The number of hydrogen-bond donors (Lipinski definition) is 1. The van der Waals surface area contributed by atoms with Crippen molar-refractivity contribution in [3.8, 4) is 17.1 Å². The van der Waals surface area contributed by atoms with Gasteiger partial charge in [0.15, 0.2) is 0 Å². The summed E-state index contributed by atoms with van der Waals surface area (Å²) in [6, 6.07) is 8.92. The van der Waals surface area contributed by atoms with Crippen LogP contribution in [0.5, 0.6) is 5.75 Å². The van der Waals surface area contributed by atoms with Crippen LogP contribution in [0.1, 0.15) is 18.5 Å². The molecule has 3 aromatic rings. The van der Waals surface area contributed by atoms with E-state index in [2.05, 4.69) is 16.9 Å². The zero-order valence-electron chi connectivity index (χ0n) is 11.4. The molecule has 1 unspecified atom stereocenters. The van der Waals surface area contributed by atoms with Crippen LogP contribution >= 0.6 is 11.6 Å². The van der Waals surface area contributed by atoms with Crippen molar-refractivity contribution in [1.29, 1.82) is 0 Å². The van der Waals surface area contributed by atoms with Crippen LogP contribution < -0.4 is 0 Å². The predicted octanol–water partition coefficient (Wildman–Crippen LogP) is 3.91. The number of pyridine rings is 1. The number of phenolic OH excluding ortho intramolecular Hbond substituents is 1. The van der Waals surface area contributed by atoms with Gasteiger partial charge in [0.2, 0.25) is 0 Å². The van der Waals surface area contributed by atoms with Crippen molar-refractivity contribution >= 4 is 11.6 Å². The molecule has 0 aliphatic heterocycles. The zero-order chi connectivity index (χ0) is 14.8. The summed E-state index contributed by atoms with van der Waals surface area (Å²) in [5, 5.41) is 9.94. The molecule has 0 spiro atoms. The molecule has 0 radical (unpaired) electrons. The van der Waals surface area contributed by atoms with Gasteiger partial charge in [-0.15, -0.1) is 0 Å². The molecule has 0 saturated carbocycles. The number of phenols is 1. The maximum Gasteiger partial charge on any atom is 0.141 e. The summed E-state index contributed by atoms with van der Waals surface area (Å²) < 4.78 is 2.04. The maximum atomic E-state index is 9.47. The maximum absolute atomic E-state index is 9.47. The Kier molecular flexibility index (Phi) is 3.62. The summed E-state index contributed by atoms with van der Waals surface area (Å²) >= 11 is 6.22. The molecule has 2 heterocycles. The standard InChI is InChI=1S/C16H14ClN3O/c1-11(12-3-2-6-18-10-12)20-8-7-19-16(20)14-5-4-13(21)9-15(14)17/h2-11,21H,1H3. The van der Waals surface area contributed by atoms with Gasteiger partial charge in [0.05, 0.1) is 11.1 Å². The van der Waals surface area contributed by atoms with Crippen LogP contribution in [0, 0.1) is 0 Å². The number of aromatic hydroxyl groups is 1. The van der Waals surface area contributed by atoms with Crippen LogP contribution in [-0.4, -0.2) is 19.6 Å². The number of halogens is 1. The summed E-state index contributed by atoms with van der Waals surface area (Å²) in [5.74, 6) is 0.901. The molecule has 1 N–H and O–H groups in total. The van der Waals surface area contributed by atoms with E-state index < -0.39 is 0 Å². The molecule has 1 aromatic carbocycles. The van der Waals surface area contributed by atoms with Gasteiger partial charge in [-0.25, -0.2) is 4.98 Å². The van der Waals surface area contributed by atoms with Crippen molar-refractivity contribution in [2.24, 2.45) is 0 Å². The van der Waals surface area contributed by atoms with Gasteiger partial charge < -0.3 is 9.67 Å². The lowest BCUT2D eigenvalue weighted by atomic mass is 10.1. The first-order chi connectivity index (χ1) is 10.2. The van der Waals surface area contributed by atoms with Crippen molar-refractivity contribution < 1.29 is 5.11 Å². The minimum atomic E-state index is 0.0843. The molecule has 0 saturated heterocycles. The fraction of sp³-hybridized carbons (Fsp3) is 0.125. The average molecular weight is 300 g/mol. The number of rotatable bonds is 3. The van der Waals surface area contributed by atoms with Gasteiger partial charge in [-0.2, -0.15) is 0 Å². The molecule has 0 aliphatic rings. The second-order valence-electron chi connectivity index (χ2n) is 4.78. The highest BCUT2D eigenvalue weighted by Gasteiger charge is 2.15. The van der Waals surface area contributed by atoms with E-state index in [1.54, 1.807) is 24.5 Å². The third-order valence-corrected chi connectivity index (χ3v) is 3.76. The van der Waals surface area contributed by atoms with Gasteiger partial charge >= 0.3 is 0 Å². The molecule has 5 heteroatoms. The molecule has 2 aromatic heterocycles. The SMILES string of the molecule is CC(c1cccnc1)n1ccnc1-c1ccc(O)cc1Cl. The van der Waals surface area contributed by atoms with Crippen LogP contribution in [0.3, 0.4) is 0 Å². The van der Waals surface area contributed by atoms with Crippen molar-refractivity contribution in [3.63, 3.8) is 0 Å². The first kappa shape index (κ1) is 13.6. The van der Waals surface area contributed by atoms with E-state index in [9.17, 15) is 5.11 Å². The van der Waals surface area contributed by atoms with Crippen LogP contribution in [0.15, 0.2) is 55.1 Å². The molecule has 21 heavy (non-hydrogen) atoms. The molecule has 3 rings (SSSR count). The molecule has 0 bridgehead atoms. The molecular formula is C16H14ClN3O. The largest absolute Gasteiger partial charge is 0.508 e. The summed E-state index contributed by atoms with van der Waals surface area (Å²) in [6.07, 6.45) is 7.25. The average Bonchev–Trinajstić information content (AvgIpc) is 2.96. The highest BCUT2D eigenvalue weighted by molar-refractivity contribution is 6.33. The first-order valence-corrected chi connectivity index (χ1v) is 6.96. The highest BCUT2D eigenvalue weighted by Crippen LogP contribution is 2.32. The van der Waals surface area contributed by atoms with Crippen molar-refractivity contribution in [3.05, 3.63) is 65.7 Å². The number of imidazole rings is 1. The molecule has 0 fully saturated rings. The Bertz CT molecular complexity index is 755. The van der Waals surface area contributed by atoms with Gasteiger partial charge in [-0.3, -0.25) is 4.98 Å². The number of nitrogens with zero attached hydrogens (tertiary/aromatic N) is 3. The fourth-order valence-corrected chi connectivity index (χ4v) is 2.56.